The first-order valence-corrected chi connectivity index (χ1v) is 18.9. The largest absolute Gasteiger partial charge is 0.248 e. The van der Waals surface area contributed by atoms with Crippen molar-refractivity contribution in [1.29, 1.82) is 0 Å². The summed E-state index contributed by atoms with van der Waals surface area (Å²) in [6.07, 6.45) is 0. The number of hydrogen-bond donors (Lipinski definition) is 0. The van der Waals surface area contributed by atoms with Crippen molar-refractivity contribution in [2.45, 2.75) is 0 Å². The number of aromatic nitrogens is 3. The number of pyridine rings is 1. The number of nitrogens with zero attached hydrogens (tertiary/aromatic N) is 3. The third-order valence-electron chi connectivity index (χ3n) is 10.5. The predicted molar refractivity (Wildman–Crippen MR) is 233 cm³/mol. The van der Waals surface area contributed by atoms with Gasteiger partial charge in [0.15, 0.2) is 5.82 Å². The van der Waals surface area contributed by atoms with Crippen LogP contribution in [-0.2, 0) is 0 Å². The Morgan fingerprint density at radius 1 is 0.268 bits per heavy atom. The number of fused-ring (bicyclic) bond motifs is 3. The van der Waals surface area contributed by atoms with Gasteiger partial charge in [-0.3, -0.25) is 0 Å². The standard InChI is InChI=1S/C53H35N3/c1-4-15-36(16-5-1)40-22-12-25-43(31-40)50-35-51(56-53(55-50)45-27-13-23-41(32-45)37-17-6-2-7-18-37)44-26-14-24-42(33-44)47-34-49(39-20-8-3-9-21-39)54-48-30-29-38-19-10-11-28-46(38)52(47)48/h1-35H. The van der Waals surface area contributed by atoms with Gasteiger partial charge in [0.1, 0.15) is 0 Å². The fourth-order valence-electron chi connectivity index (χ4n) is 7.67. The molecule has 2 heterocycles. The van der Waals surface area contributed by atoms with Crippen LogP contribution in [-0.4, -0.2) is 15.0 Å². The van der Waals surface area contributed by atoms with Gasteiger partial charge in [-0.1, -0.05) is 176 Å². The molecule has 0 spiro atoms. The van der Waals surface area contributed by atoms with E-state index in [2.05, 4.69) is 194 Å². The zero-order valence-corrected chi connectivity index (χ0v) is 30.5. The van der Waals surface area contributed by atoms with Gasteiger partial charge in [0, 0.05) is 27.6 Å². The van der Waals surface area contributed by atoms with Crippen LogP contribution in [0.3, 0.4) is 0 Å². The van der Waals surface area contributed by atoms with Crippen LogP contribution in [0.1, 0.15) is 0 Å². The second kappa shape index (κ2) is 14.4. The fourth-order valence-corrected chi connectivity index (χ4v) is 7.67. The average molecular weight is 714 g/mol. The third-order valence-corrected chi connectivity index (χ3v) is 10.5. The molecule has 0 amide bonds. The molecule has 0 unspecified atom stereocenters. The topological polar surface area (TPSA) is 38.7 Å². The molecule has 0 radical (unpaired) electrons. The van der Waals surface area contributed by atoms with Crippen molar-refractivity contribution in [1.82, 2.24) is 15.0 Å². The number of rotatable bonds is 7. The first-order chi connectivity index (χ1) is 27.7. The van der Waals surface area contributed by atoms with Crippen LogP contribution in [0.2, 0.25) is 0 Å². The Bertz CT molecular complexity index is 2910. The van der Waals surface area contributed by atoms with E-state index in [1.165, 1.54) is 16.3 Å². The minimum absolute atomic E-state index is 0.678. The lowest BCUT2D eigenvalue weighted by molar-refractivity contribution is 1.18. The maximum atomic E-state index is 5.30. The van der Waals surface area contributed by atoms with E-state index in [4.69, 9.17) is 15.0 Å². The van der Waals surface area contributed by atoms with Crippen LogP contribution in [0.5, 0.6) is 0 Å². The van der Waals surface area contributed by atoms with E-state index < -0.39 is 0 Å². The second-order valence-electron chi connectivity index (χ2n) is 14.0. The molecule has 3 heteroatoms. The molecule has 2 aromatic heterocycles. The van der Waals surface area contributed by atoms with Crippen LogP contribution >= 0.6 is 0 Å². The Labute approximate surface area is 326 Å². The van der Waals surface area contributed by atoms with Crippen molar-refractivity contribution in [3.8, 4) is 78.5 Å². The third kappa shape index (κ3) is 6.42. The minimum Gasteiger partial charge on any atom is -0.248 e. The van der Waals surface area contributed by atoms with Crippen molar-refractivity contribution in [2.24, 2.45) is 0 Å². The molecule has 8 aromatic carbocycles. The SMILES string of the molecule is c1ccc(-c2cccc(-c3cc(-c4cccc(-c5cc(-c6ccccc6)nc6ccc7ccccc7c56)c4)nc(-c4cccc(-c5ccccc5)c4)n3)c2)cc1. The highest BCUT2D eigenvalue weighted by atomic mass is 14.9. The Kier molecular flexibility index (Phi) is 8.51. The molecular weight excluding hydrogens is 679 g/mol. The quantitative estimate of drug-likeness (QED) is 0.154. The summed E-state index contributed by atoms with van der Waals surface area (Å²) in [4.78, 5) is 15.7. The number of benzene rings is 8. The van der Waals surface area contributed by atoms with E-state index in [0.29, 0.717) is 5.82 Å². The summed E-state index contributed by atoms with van der Waals surface area (Å²) in [5, 5.41) is 3.51. The summed E-state index contributed by atoms with van der Waals surface area (Å²) in [5.74, 6) is 0.678. The highest BCUT2D eigenvalue weighted by molar-refractivity contribution is 6.14. The van der Waals surface area contributed by atoms with E-state index in [9.17, 15) is 0 Å². The van der Waals surface area contributed by atoms with Gasteiger partial charge in [-0.2, -0.15) is 0 Å². The zero-order chi connectivity index (χ0) is 37.3. The molecule has 0 N–H and O–H groups in total. The van der Waals surface area contributed by atoms with E-state index in [1.54, 1.807) is 0 Å². The van der Waals surface area contributed by atoms with E-state index in [-0.39, 0.29) is 0 Å². The lowest BCUT2D eigenvalue weighted by Gasteiger charge is -2.15. The summed E-state index contributed by atoms with van der Waals surface area (Å²) in [7, 11) is 0. The summed E-state index contributed by atoms with van der Waals surface area (Å²) in [6.45, 7) is 0. The molecule has 0 aliphatic rings. The Hall–Kier alpha value is -7.49. The molecular formula is C53H35N3. The molecule has 10 aromatic rings. The molecule has 0 saturated heterocycles. The molecule has 0 atom stereocenters. The molecule has 56 heavy (non-hydrogen) atoms. The molecule has 0 bridgehead atoms. The molecule has 262 valence electrons. The van der Waals surface area contributed by atoms with Gasteiger partial charge >= 0.3 is 0 Å². The van der Waals surface area contributed by atoms with Gasteiger partial charge < -0.3 is 0 Å². The van der Waals surface area contributed by atoms with Crippen LogP contribution in [0, 0.1) is 0 Å². The van der Waals surface area contributed by atoms with Gasteiger partial charge in [0.05, 0.1) is 22.6 Å². The first kappa shape index (κ1) is 33.1. The van der Waals surface area contributed by atoms with Gasteiger partial charge in [0.25, 0.3) is 0 Å². The van der Waals surface area contributed by atoms with Gasteiger partial charge in [-0.05, 0) is 80.6 Å². The minimum atomic E-state index is 0.678. The van der Waals surface area contributed by atoms with Crippen molar-refractivity contribution in [3.05, 3.63) is 212 Å². The van der Waals surface area contributed by atoms with Gasteiger partial charge in [0.2, 0.25) is 0 Å². The monoisotopic (exact) mass is 713 g/mol. The Morgan fingerprint density at radius 3 is 1.38 bits per heavy atom. The lowest BCUT2D eigenvalue weighted by atomic mass is 9.93. The van der Waals surface area contributed by atoms with Crippen molar-refractivity contribution < 1.29 is 0 Å². The van der Waals surface area contributed by atoms with E-state index >= 15 is 0 Å². The number of hydrogen-bond acceptors (Lipinski definition) is 3. The molecule has 0 saturated carbocycles. The van der Waals surface area contributed by atoms with Crippen molar-refractivity contribution in [3.63, 3.8) is 0 Å². The Morgan fingerprint density at radius 2 is 0.732 bits per heavy atom. The average Bonchev–Trinajstić information content (AvgIpc) is 3.29. The molecule has 0 aliphatic heterocycles. The molecule has 0 fully saturated rings. The lowest BCUT2D eigenvalue weighted by Crippen LogP contribution is -1.97. The second-order valence-corrected chi connectivity index (χ2v) is 14.0. The van der Waals surface area contributed by atoms with Gasteiger partial charge in [-0.25, -0.2) is 15.0 Å². The predicted octanol–water partition coefficient (Wildman–Crippen LogP) is 13.8. The van der Waals surface area contributed by atoms with E-state index in [0.717, 1.165) is 78.1 Å². The van der Waals surface area contributed by atoms with Crippen LogP contribution in [0.25, 0.3) is 100 Å². The molecule has 10 rings (SSSR count). The first-order valence-electron chi connectivity index (χ1n) is 18.9. The van der Waals surface area contributed by atoms with Crippen molar-refractivity contribution in [2.75, 3.05) is 0 Å². The van der Waals surface area contributed by atoms with E-state index in [1.807, 2.05) is 18.2 Å². The normalized spacial score (nSPS) is 11.2. The van der Waals surface area contributed by atoms with Crippen LogP contribution < -0.4 is 0 Å². The van der Waals surface area contributed by atoms with Crippen molar-refractivity contribution >= 4 is 21.7 Å². The highest BCUT2D eigenvalue weighted by Crippen LogP contribution is 2.39. The maximum Gasteiger partial charge on any atom is 0.160 e. The summed E-state index contributed by atoms with van der Waals surface area (Å²) >= 11 is 0. The smallest absolute Gasteiger partial charge is 0.160 e. The fraction of sp³-hybridized carbons (Fsp3) is 0. The summed E-state index contributed by atoms with van der Waals surface area (Å²) in [5.41, 5.74) is 14.5. The Balaban J connectivity index is 1.16. The summed E-state index contributed by atoms with van der Waals surface area (Å²) in [6, 6.07) is 74.5. The maximum absolute atomic E-state index is 5.30. The molecule has 3 nitrogen and oxygen atoms in total. The zero-order valence-electron chi connectivity index (χ0n) is 30.5. The highest BCUT2D eigenvalue weighted by Gasteiger charge is 2.16. The van der Waals surface area contributed by atoms with Crippen LogP contribution in [0.15, 0.2) is 212 Å². The van der Waals surface area contributed by atoms with Gasteiger partial charge in [-0.15, -0.1) is 0 Å². The summed E-state index contributed by atoms with van der Waals surface area (Å²) < 4.78 is 0. The van der Waals surface area contributed by atoms with Crippen LogP contribution in [0.4, 0.5) is 0 Å². The molecule has 0 aliphatic carbocycles.